The fourth-order valence-corrected chi connectivity index (χ4v) is 3.53. The minimum Gasteiger partial charge on any atom is -0.352 e. The number of amides is 1. The molecule has 0 aliphatic carbocycles. The molecule has 0 aliphatic rings. The SMILES string of the molecule is CCNC(=O)c1ccc(Cl)c(S(=O)(=O)Nc2ccc(C)cc2)c1. The van der Waals surface area contributed by atoms with E-state index in [0.29, 0.717) is 12.2 Å². The molecule has 5 nitrogen and oxygen atoms in total. The Hall–Kier alpha value is -2.05. The van der Waals surface area contributed by atoms with Crippen molar-refractivity contribution in [1.29, 1.82) is 0 Å². The number of nitrogens with one attached hydrogen (secondary N) is 2. The fraction of sp³-hybridized carbons (Fsp3) is 0.188. The van der Waals surface area contributed by atoms with E-state index in [0.717, 1.165) is 5.56 Å². The van der Waals surface area contributed by atoms with E-state index in [1.165, 1.54) is 18.2 Å². The zero-order chi connectivity index (χ0) is 17.0. The van der Waals surface area contributed by atoms with Crippen molar-refractivity contribution in [1.82, 2.24) is 5.32 Å². The van der Waals surface area contributed by atoms with Gasteiger partial charge in [-0.05, 0) is 44.2 Å². The summed E-state index contributed by atoms with van der Waals surface area (Å²) in [6.45, 7) is 4.14. The molecule has 0 saturated carbocycles. The summed E-state index contributed by atoms with van der Waals surface area (Å²) < 4.78 is 27.5. The fourth-order valence-electron chi connectivity index (χ4n) is 1.94. The van der Waals surface area contributed by atoms with E-state index >= 15 is 0 Å². The highest BCUT2D eigenvalue weighted by Gasteiger charge is 2.20. The number of halogens is 1. The lowest BCUT2D eigenvalue weighted by atomic mass is 10.2. The average molecular weight is 353 g/mol. The van der Waals surface area contributed by atoms with Crippen LogP contribution in [0.5, 0.6) is 0 Å². The summed E-state index contributed by atoms with van der Waals surface area (Å²) in [5.74, 6) is -0.351. The van der Waals surface area contributed by atoms with Gasteiger partial charge in [-0.15, -0.1) is 0 Å². The summed E-state index contributed by atoms with van der Waals surface area (Å²) in [6, 6.07) is 11.1. The molecule has 0 unspecified atom stereocenters. The summed E-state index contributed by atoms with van der Waals surface area (Å²) in [6.07, 6.45) is 0. The van der Waals surface area contributed by atoms with Crippen LogP contribution in [0.3, 0.4) is 0 Å². The highest BCUT2D eigenvalue weighted by Crippen LogP contribution is 2.25. The summed E-state index contributed by atoms with van der Waals surface area (Å²) in [5, 5.41) is 2.67. The molecular weight excluding hydrogens is 336 g/mol. The Balaban J connectivity index is 2.36. The first-order chi connectivity index (χ1) is 10.8. The summed E-state index contributed by atoms with van der Waals surface area (Å²) in [4.78, 5) is 11.7. The second-order valence-electron chi connectivity index (χ2n) is 4.98. The van der Waals surface area contributed by atoms with E-state index < -0.39 is 10.0 Å². The van der Waals surface area contributed by atoms with Crippen LogP contribution in [0.15, 0.2) is 47.4 Å². The molecule has 1 amide bonds. The van der Waals surface area contributed by atoms with Gasteiger partial charge in [-0.3, -0.25) is 9.52 Å². The van der Waals surface area contributed by atoms with Crippen LogP contribution >= 0.6 is 11.6 Å². The molecule has 7 heteroatoms. The van der Waals surface area contributed by atoms with Crippen LogP contribution in [0.1, 0.15) is 22.8 Å². The Labute approximate surface area is 140 Å². The number of aryl methyl sites for hydroxylation is 1. The largest absolute Gasteiger partial charge is 0.352 e. The van der Waals surface area contributed by atoms with Crippen molar-refractivity contribution >= 4 is 33.2 Å². The Bertz CT molecular complexity index is 818. The van der Waals surface area contributed by atoms with Gasteiger partial charge in [0.05, 0.1) is 5.02 Å². The van der Waals surface area contributed by atoms with Gasteiger partial charge < -0.3 is 5.32 Å². The van der Waals surface area contributed by atoms with E-state index in [9.17, 15) is 13.2 Å². The van der Waals surface area contributed by atoms with Crippen LogP contribution in [0.2, 0.25) is 5.02 Å². The molecule has 122 valence electrons. The van der Waals surface area contributed by atoms with E-state index in [-0.39, 0.29) is 21.4 Å². The quantitative estimate of drug-likeness (QED) is 0.867. The second kappa shape index (κ2) is 7.02. The molecular formula is C16H17ClN2O3S. The first kappa shape index (κ1) is 17.3. The first-order valence-electron chi connectivity index (χ1n) is 7.00. The van der Waals surface area contributed by atoms with Gasteiger partial charge in [-0.2, -0.15) is 0 Å². The van der Waals surface area contributed by atoms with Gasteiger partial charge in [-0.25, -0.2) is 8.42 Å². The first-order valence-corrected chi connectivity index (χ1v) is 8.87. The van der Waals surface area contributed by atoms with Crippen LogP contribution in [0, 0.1) is 6.92 Å². The molecule has 2 rings (SSSR count). The Morgan fingerprint density at radius 1 is 1.13 bits per heavy atom. The third-order valence-corrected chi connectivity index (χ3v) is 4.99. The molecule has 0 fully saturated rings. The number of benzene rings is 2. The molecule has 0 atom stereocenters. The Morgan fingerprint density at radius 3 is 2.39 bits per heavy atom. The second-order valence-corrected chi connectivity index (χ2v) is 7.03. The monoisotopic (exact) mass is 352 g/mol. The van der Waals surface area contributed by atoms with Crippen LogP contribution < -0.4 is 10.0 Å². The normalized spacial score (nSPS) is 11.1. The topological polar surface area (TPSA) is 75.3 Å². The smallest absolute Gasteiger partial charge is 0.263 e. The number of anilines is 1. The number of rotatable bonds is 5. The average Bonchev–Trinajstić information content (AvgIpc) is 2.50. The zero-order valence-electron chi connectivity index (χ0n) is 12.8. The summed E-state index contributed by atoms with van der Waals surface area (Å²) in [5.41, 5.74) is 1.68. The molecule has 0 aliphatic heterocycles. The molecule has 2 aromatic carbocycles. The van der Waals surface area contributed by atoms with E-state index in [4.69, 9.17) is 11.6 Å². The lowest BCUT2D eigenvalue weighted by Gasteiger charge is -2.11. The van der Waals surface area contributed by atoms with Crippen molar-refractivity contribution in [2.24, 2.45) is 0 Å². The van der Waals surface area contributed by atoms with Crippen molar-refractivity contribution in [3.8, 4) is 0 Å². The molecule has 23 heavy (non-hydrogen) atoms. The highest BCUT2D eigenvalue weighted by atomic mass is 35.5. The van der Waals surface area contributed by atoms with Crippen molar-refractivity contribution in [2.45, 2.75) is 18.7 Å². The van der Waals surface area contributed by atoms with Gasteiger partial charge in [0.1, 0.15) is 4.90 Å². The van der Waals surface area contributed by atoms with Crippen molar-refractivity contribution in [3.63, 3.8) is 0 Å². The predicted octanol–water partition coefficient (Wildman–Crippen LogP) is 3.20. The zero-order valence-corrected chi connectivity index (χ0v) is 14.3. The lowest BCUT2D eigenvalue weighted by molar-refractivity contribution is 0.0955. The molecule has 0 aromatic heterocycles. The van der Waals surface area contributed by atoms with Gasteiger partial charge in [0.2, 0.25) is 0 Å². The molecule has 0 radical (unpaired) electrons. The maximum absolute atomic E-state index is 12.5. The molecule has 0 saturated heterocycles. The maximum Gasteiger partial charge on any atom is 0.263 e. The number of sulfonamides is 1. The van der Waals surface area contributed by atoms with Crippen molar-refractivity contribution in [2.75, 3.05) is 11.3 Å². The molecule has 0 heterocycles. The van der Waals surface area contributed by atoms with Crippen LogP contribution in [-0.4, -0.2) is 20.9 Å². The third kappa shape index (κ3) is 4.24. The number of carbonyl (C=O) groups is 1. The van der Waals surface area contributed by atoms with E-state index in [1.807, 2.05) is 6.92 Å². The van der Waals surface area contributed by atoms with Gasteiger partial charge in [-0.1, -0.05) is 29.3 Å². The van der Waals surface area contributed by atoms with Crippen LogP contribution in [0.25, 0.3) is 0 Å². The van der Waals surface area contributed by atoms with Gasteiger partial charge in [0.15, 0.2) is 0 Å². The number of hydrogen-bond donors (Lipinski definition) is 2. The molecule has 0 spiro atoms. The number of carbonyl (C=O) groups excluding carboxylic acids is 1. The summed E-state index contributed by atoms with van der Waals surface area (Å²) >= 11 is 6.00. The predicted molar refractivity (Wildman–Crippen MR) is 91.4 cm³/mol. The minimum absolute atomic E-state index is 0.0534. The van der Waals surface area contributed by atoms with Gasteiger partial charge >= 0.3 is 0 Å². The lowest BCUT2D eigenvalue weighted by Crippen LogP contribution is -2.23. The van der Waals surface area contributed by atoms with Gasteiger partial charge in [0, 0.05) is 17.8 Å². The van der Waals surface area contributed by atoms with E-state index in [2.05, 4.69) is 10.0 Å². The molecule has 2 aromatic rings. The standard InChI is InChI=1S/C16H17ClN2O3S/c1-3-18-16(20)12-6-9-14(17)15(10-12)23(21,22)19-13-7-4-11(2)5-8-13/h4-10,19H,3H2,1-2H3,(H,18,20). The highest BCUT2D eigenvalue weighted by molar-refractivity contribution is 7.92. The Morgan fingerprint density at radius 2 is 1.78 bits per heavy atom. The summed E-state index contributed by atoms with van der Waals surface area (Å²) in [7, 11) is -3.89. The van der Waals surface area contributed by atoms with Crippen LogP contribution in [0.4, 0.5) is 5.69 Å². The molecule has 2 N–H and O–H groups in total. The number of hydrogen-bond acceptors (Lipinski definition) is 3. The van der Waals surface area contributed by atoms with E-state index in [1.54, 1.807) is 31.2 Å². The minimum atomic E-state index is -3.89. The maximum atomic E-state index is 12.5. The third-order valence-electron chi connectivity index (χ3n) is 3.12. The Kier molecular flexibility index (Phi) is 5.28. The van der Waals surface area contributed by atoms with Crippen molar-refractivity contribution in [3.05, 3.63) is 58.6 Å². The van der Waals surface area contributed by atoms with Gasteiger partial charge in [0.25, 0.3) is 15.9 Å². The van der Waals surface area contributed by atoms with Crippen molar-refractivity contribution < 1.29 is 13.2 Å². The van der Waals surface area contributed by atoms with Crippen LogP contribution in [-0.2, 0) is 10.0 Å². The molecule has 0 bridgehead atoms.